The number of benzene rings is 1. The Morgan fingerprint density at radius 2 is 1.94 bits per heavy atom. The minimum Gasteiger partial charge on any atom is -0.387 e. The fourth-order valence-corrected chi connectivity index (χ4v) is 3.62. The first-order valence-electron chi connectivity index (χ1n) is 9.49. The molecule has 4 atom stereocenters. The number of ether oxygens (including phenoxy) is 1. The molecule has 1 aliphatic rings. The average molecular weight is 499 g/mol. The summed E-state index contributed by atoms with van der Waals surface area (Å²) in [6, 6.07) is 4.47. The second kappa shape index (κ2) is 8.91. The van der Waals surface area contributed by atoms with Crippen LogP contribution >= 0.6 is 0 Å². The van der Waals surface area contributed by atoms with Crippen LogP contribution in [0.25, 0.3) is 11.2 Å². The van der Waals surface area contributed by atoms with Crippen molar-refractivity contribution in [3.05, 3.63) is 53.7 Å². The largest absolute Gasteiger partial charge is 0.416 e. The summed E-state index contributed by atoms with van der Waals surface area (Å²) in [4.78, 5) is 12.2. The van der Waals surface area contributed by atoms with Crippen molar-refractivity contribution >= 4 is 21.5 Å². The van der Waals surface area contributed by atoms with Gasteiger partial charge < -0.3 is 14.9 Å². The second-order valence-electron chi connectivity index (χ2n) is 7.20. The highest BCUT2D eigenvalue weighted by atomic mass is 32.2. The van der Waals surface area contributed by atoms with E-state index in [1.165, 1.54) is 23.0 Å². The molecule has 180 valence electrons. The van der Waals surface area contributed by atoms with E-state index < -0.39 is 53.2 Å². The standard InChI is InChI=1S/C19H16F3N5O6S/c20-19(21,22)11-3-1-2-10(6-11)4-5-12-14-17(25-8-24-12)27(9-26-14)18-16(29)15(28)13(33-18)7-32-34(23,30)31/h1-3,6,8-9,13,15-16,18,28-29H,7H2,(H2,23,30,31)/t13-,15-,16-,18-/m1/s1. The van der Waals surface area contributed by atoms with Crippen molar-refractivity contribution in [1.29, 1.82) is 0 Å². The maximum atomic E-state index is 12.9. The number of hydrogen-bond acceptors (Lipinski definition) is 9. The number of halogens is 3. The molecule has 0 spiro atoms. The predicted molar refractivity (Wildman–Crippen MR) is 108 cm³/mol. The molecule has 15 heteroatoms. The Morgan fingerprint density at radius 1 is 1.18 bits per heavy atom. The highest BCUT2D eigenvalue weighted by Crippen LogP contribution is 2.32. The van der Waals surface area contributed by atoms with Gasteiger partial charge in [-0.2, -0.15) is 21.6 Å². The molecule has 0 aliphatic carbocycles. The van der Waals surface area contributed by atoms with Gasteiger partial charge >= 0.3 is 16.5 Å². The van der Waals surface area contributed by atoms with Crippen molar-refractivity contribution in [2.75, 3.05) is 6.61 Å². The molecule has 11 nitrogen and oxygen atoms in total. The SMILES string of the molecule is NS(=O)(=O)OC[C@H]1O[C@@H](n2cnc3c(C#Cc4cccc(C(F)(F)F)c4)ncnc32)[C@H](O)[C@@H]1O. The smallest absolute Gasteiger partial charge is 0.387 e. The van der Waals surface area contributed by atoms with Crippen LogP contribution in [0, 0.1) is 11.8 Å². The van der Waals surface area contributed by atoms with Crippen molar-refractivity contribution in [2.45, 2.75) is 30.7 Å². The van der Waals surface area contributed by atoms with Crippen LogP contribution in [0.4, 0.5) is 13.2 Å². The van der Waals surface area contributed by atoms with E-state index in [1.54, 1.807) is 0 Å². The molecule has 3 aromatic rings. The minimum atomic E-state index is -4.51. The molecule has 2 aromatic heterocycles. The summed E-state index contributed by atoms with van der Waals surface area (Å²) in [5.41, 5.74) is -0.327. The van der Waals surface area contributed by atoms with Crippen LogP contribution in [0.1, 0.15) is 23.0 Å². The zero-order chi connectivity index (χ0) is 24.7. The number of rotatable bonds is 4. The molecular formula is C19H16F3N5O6S. The van der Waals surface area contributed by atoms with Gasteiger partial charge in [-0.3, -0.25) is 8.75 Å². The summed E-state index contributed by atoms with van der Waals surface area (Å²) in [5, 5.41) is 25.3. The molecule has 0 saturated carbocycles. The van der Waals surface area contributed by atoms with Gasteiger partial charge in [0.25, 0.3) is 0 Å². The number of aliphatic hydroxyl groups excluding tert-OH is 2. The molecule has 1 aliphatic heterocycles. The Labute approximate surface area is 190 Å². The van der Waals surface area contributed by atoms with Crippen LogP contribution in [0.15, 0.2) is 36.9 Å². The van der Waals surface area contributed by atoms with E-state index in [1.807, 2.05) is 0 Å². The predicted octanol–water partition coefficient (Wildman–Crippen LogP) is 0.0842. The van der Waals surface area contributed by atoms with Gasteiger partial charge in [0, 0.05) is 5.56 Å². The first-order chi connectivity index (χ1) is 15.9. The van der Waals surface area contributed by atoms with Gasteiger partial charge in [0.2, 0.25) is 0 Å². The Morgan fingerprint density at radius 3 is 2.65 bits per heavy atom. The van der Waals surface area contributed by atoms with Crippen LogP contribution in [0.3, 0.4) is 0 Å². The van der Waals surface area contributed by atoms with Gasteiger partial charge in [0.1, 0.15) is 35.8 Å². The number of alkyl halides is 3. The molecule has 0 radical (unpaired) electrons. The second-order valence-corrected chi connectivity index (χ2v) is 8.42. The van der Waals surface area contributed by atoms with Gasteiger partial charge in [-0.25, -0.2) is 20.1 Å². The van der Waals surface area contributed by atoms with Crippen molar-refractivity contribution in [1.82, 2.24) is 19.5 Å². The molecule has 1 saturated heterocycles. The zero-order valence-electron chi connectivity index (χ0n) is 16.9. The van der Waals surface area contributed by atoms with Gasteiger partial charge in [-0.1, -0.05) is 12.0 Å². The molecule has 3 heterocycles. The molecule has 4 rings (SSSR count). The highest BCUT2D eigenvalue weighted by molar-refractivity contribution is 7.84. The van der Waals surface area contributed by atoms with E-state index in [0.29, 0.717) is 0 Å². The topological polar surface area (TPSA) is 163 Å². The molecular weight excluding hydrogens is 483 g/mol. The molecule has 1 aromatic carbocycles. The van der Waals surface area contributed by atoms with E-state index in [-0.39, 0.29) is 22.4 Å². The number of hydrogen-bond donors (Lipinski definition) is 3. The van der Waals surface area contributed by atoms with E-state index in [9.17, 15) is 31.8 Å². The minimum absolute atomic E-state index is 0.100. The summed E-state index contributed by atoms with van der Waals surface area (Å²) in [6.07, 6.45) is -7.59. The third-order valence-electron chi connectivity index (χ3n) is 4.88. The lowest BCUT2D eigenvalue weighted by molar-refractivity contribution is -0.137. The summed E-state index contributed by atoms with van der Waals surface area (Å²) in [7, 11) is -4.29. The zero-order valence-corrected chi connectivity index (χ0v) is 17.7. The number of imidazole rings is 1. The molecule has 34 heavy (non-hydrogen) atoms. The van der Waals surface area contributed by atoms with E-state index in [0.717, 1.165) is 18.5 Å². The van der Waals surface area contributed by atoms with Crippen molar-refractivity contribution in [3.63, 3.8) is 0 Å². The van der Waals surface area contributed by atoms with E-state index >= 15 is 0 Å². The first kappa shape index (κ1) is 24.0. The summed E-state index contributed by atoms with van der Waals surface area (Å²) < 4.78 is 71.9. The van der Waals surface area contributed by atoms with Gasteiger partial charge in [-0.15, -0.1) is 0 Å². The summed E-state index contributed by atoms with van der Waals surface area (Å²) >= 11 is 0. The number of nitrogens with zero attached hydrogens (tertiary/aromatic N) is 4. The van der Waals surface area contributed by atoms with Gasteiger partial charge in [0.15, 0.2) is 11.9 Å². The molecule has 0 unspecified atom stereocenters. The number of fused-ring (bicyclic) bond motifs is 1. The fourth-order valence-electron chi connectivity index (χ4n) is 3.29. The quantitative estimate of drug-likeness (QED) is 0.422. The van der Waals surface area contributed by atoms with Crippen LogP contribution in [-0.2, 0) is 25.4 Å². The lowest BCUT2D eigenvalue weighted by atomic mass is 10.1. The van der Waals surface area contributed by atoms with E-state index in [2.05, 4.69) is 31.0 Å². The summed E-state index contributed by atoms with van der Waals surface area (Å²) in [6.45, 7) is -0.636. The lowest BCUT2D eigenvalue weighted by Gasteiger charge is -2.16. The normalized spacial score (nSPS) is 23.1. The monoisotopic (exact) mass is 499 g/mol. The first-order valence-corrected chi connectivity index (χ1v) is 11.0. The van der Waals surface area contributed by atoms with Crippen LogP contribution < -0.4 is 5.14 Å². The number of aromatic nitrogens is 4. The third-order valence-corrected chi connectivity index (χ3v) is 5.35. The lowest BCUT2D eigenvalue weighted by Crippen LogP contribution is -2.35. The highest BCUT2D eigenvalue weighted by Gasteiger charge is 2.45. The van der Waals surface area contributed by atoms with Gasteiger partial charge in [0.05, 0.1) is 18.5 Å². The Bertz CT molecular complexity index is 1380. The van der Waals surface area contributed by atoms with Gasteiger partial charge in [-0.05, 0) is 24.1 Å². The molecule has 1 fully saturated rings. The van der Waals surface area contributed by atoms with Crippen molar-refractivity contribution in [2.24, 2.45) is 5.14 Å². The number of aliphatic hydroxyl groups is 2. The Balaban J connectivity index is 1.62. The van der Waals surface area contributed by atoms with Crippen LogP contribution in [-0.4, -0.2) is 63.1 Å². The van der Waals surface area contributed by atoms with Crippen LogP contribution in [0.2, 0.25) is 0 Å². The third kappa shape index (κ3) is 5.01. The Hall–Kier alpha value is -3.13. The molecule has 0 amide bonds. The molecule has 4 N–H and O–H groups in total. The van der Waals surface area contributed by atoms with E-state index in [4.69, 9.17) is 9.88 Å². The Kier molecular flexibility index (Phi) is 6.29. The molecule has 0 bridgehead atoms. The van der Waals surface area contributed by atoms with Crippen molar-refractivity contribution < 1.29 is 40.7 Å². The average Bonchev–Trinajstić information content (AvgIpc) is 3.31. The number of nitrogens with two attached hydrogens (primary N) is 1. The van der Waals surface area contributed by atoms with Crippen molar-refractivity contribution in [3.8, 4) is 11.8 Å². The summed E-state index contributed by atoms with van der Waals surface area (Å²) in [5.74, 6) is 5.26. The maximum Gasteiger partial charge on any atom is 0.416 e. The fraction of sp³-hybridized carbons (Fsp3) is 0.316. The van der Waals surface area contributed by atoms with Crippen LogP contribution in [0.5, 0.6) is 0 Å². The maximum absolute atomic E-state index is 12.9.